The van der Waals surface area contributed by atoms with Crippen molar-refractivity contribution >= 4 is 20.9 Å². The van der Waals surface area contributed by atoms with Crippen molar-refractivity contribution in [3.05, 3.63) is 66.4 Å². The van der Waals surface area contributed by atoms with E-state index in [9.17, 15) is 8.42 Å². The third kappa shape index (κ3) is 3.74. The molecule has 1 unspecified atom stereocenters. The summed E-state index contributed by atoms with van der Waals surface area (Å²) in [7, 11) is -3.60. The summed E-state index contributed by atoms with van der Waals surface area (Å²) in [5.74, 6) is 0.800. The van der Waals surface area contributed by atoms with Crippen LogP contribution in [0.25, 0.3) is 10.9 Å². The van der Waals surface area contributed by atoms with Crippen LogP contribution in [0.15, 0.2) is 65.7 Å². The normalized spacial score (nSPS) is 18.5. The van der Waals surface area contributed by atoms with Crippen LogP contribution in [0.3, 0.4) is 0 Å². The molecule has 0 spiro atoms. The summed E-state index contributed by atoms with van der Waals surface area (Å²) >= 11 is 0. The highest BCUT2D eigenvalue weighted by atomic mass is 32.2. The molecule has 1 fully saturated rings. The largest absolute Gasteiger partial charge is 0.303 e. The predicted molar refractivity (Wildman–Crippen MR) is 114 cm³/mol. The van der Waals surface area contributed by atoms with Gasteiger partial charge in [0.05, 0.1) is 10.4 Å². The number of hydrogen-bond donors (Lipinski definition) is 0. The minimum absolute atomic E-state index is 0.323. The van der Waals surface area contributed by atoms with E-state index >= 15 is 0 Å². The number of aromatic nitrogens is 1. The minimum Gasteiger partial charge on any atom is -0.303 e. The number of rotatable bonds is 6. The van der Waals surface area contributed by atoms with Gasteiger partial charge in [-0.15, -0.1) is 0 Å². The van der Waals surface area contributed by atoms with Crippen LogP contribution in [-0.4, -0.2) is 36.9 Å². The van der Waals surface area contributed by atoms with Crippen LogP contribution in [0, 0.1) is 5.92 Å². The summed E-state index contributed by atoms with van der Waals surface area (Å²) in [6.07, 6.45) is 6.54. The zero-order valence-corrected chi connectivity index (χ0v) is 17.2. The van der Waals surface area contributed by atoms with E-state index in [-0.39, 0.29) is 0 Å². The van der Waals surface area contributed by atoms with Gasteiger partial charge in [0.1, 0.15) is 0 Å². The summed E-state index contributed by atoms with van der Waals surface area (Å²) in [6.45, 7) is 5.57. The van der Waals surface area contributed by atoms with Crippen LogP contribution in [0.2, 0.25) is 0 Å². The number of nitrogens with zero attached hydrogens (tertiary/aromatic N) is 2. The molecular formula is C23H28N2O2S. The summed E-state index contributed by atoms with van der Waals surface area (Å²) in [5.41, 5.74) is 1.86. The molecule has 0 N–H and O–H groups in total. The van der Waals surface area contributed by atoms with Crippen LogP contribution in [0.1, 0.15) is 31.7 Å². The Kier molecular flexibility index (Phi) is 5.56. The maximum Gasteiger partial charge on any atom is 0.268 e. The molecule has 4 rings (SSSR count). The lowest BCUT2D eigenvalue weighted by Crippen LogP contribution is -2.36. The van der Waals surface area contributed by atoms with Gasteiger partial charge in [0.25, 0.3) is 10.0 Å². The highest BCUT2D eigenvalue weighted by molar-refractivity contribution is 7.90. The first kappa shape index (κ1) is 19.2. The van der Waals surface area contributed by atoms with Crippen LogP contribution in [-0.2, 0) is 16.4 Å². The van der Waals surface area contributed by atoms with Gasteiger partial charge in [0.15, 0.2) is 0 Å². The standard InChI is InChI=1S/C23H28N2O2S/c1-2-19-9-8-15-24(17-19)16-14-20-18-25(23-13-7-6-12-22(20)23)28(26,27)21-10-4-3-5-11-21/h3-7,10-13,18-19H,2,8-9,14-17H2,1H3. The first-order chi connectivity index (χ1) is 13.6. The van der Waals surface area contributed by atoms with Gasteiger partial charge in [-0.2, -0.15) is 0 Å². The van der Waals surface area contributed by atoms with E-state index in [0.717, 1.165) is 48.4 Å². The first-order valence-corrected chi connectivity index (χ1v) is 11.7. The summed E-state index contributed by atoms with van der Waals surface area (Å²) < 4.78 is 27.9. The lowest BCUT2D eigenvalue weighted by atomic mass is 9.95. The Balaban J connectivity index is 1.64. The topological polar surface area (TPSA) is 42.3 Å². The molecule has 1 atom stereocenters. The van der Waals surface area contributed by atoms with Crippen molar-refractivity contribution in [3.63, 3.8) is 0 Å². The van der Waals surface area contributed by atoms with Crippen molar-refractivity contribution in [1.29, 1.82) is 0 Å². The van der Waals surface area contributed by atoms with Gasteiger partial charge >= 0.3 is 0 Å². The molecule has 0 amide bonds. The zero-order valence-electron chi connectivity index (χ0n) is 16.4. The Labute approximate surface area is 167 Å². The number of benzene rings is 2. The lowest BCUT2D eigenvalue weighted by molar-refractivity contribution is 0.173. The van der Waals surface area contributed by atoms with Crippen LogP contribution >= 0.6 is 0 Å². The third-order valence-corrected chi connectivity index (χ3v) is 7.63. The van der Waals surface area contributed by atoms with Crippen molar-refractivity contribution in [2.24, 2.45) is 5.92 Å². The number of likely N-dealkylation sites (tertiary alicyclic amines) is 1. The molecule has 4 nitrogen and oxygen atoms in total. The predicted octanol–water partition coefficient (Wildman–Crippen LogP) is 4.54. The molecule has 1 aromatic heterocycles. The van der Waals surface area contributed by atoms with Gasteiger partial charge in [-0.05, 0) is 55.5 Å². The fraction of sp³-hybridized carbons (Fsp3) is 0.391. The van der Waals surface area contributed by atoms with Crippen molar-refractivity contribution < 1.29 is 8.42 Å². The fourth-order valence-corrected chi connectivity index (χ4v) is 5.70. The van der Waals surface area contributed by atoms with E-state index in [1.807, 2.05) is 36.5 Å². The quantitative estimate of drug-likeness (QED) is 0.614. The smallest absolute Gasteiger partial charge is 0.268 e. The molecule has 148 valence electrons. The molecule has 0 radical (unpaired) electrons. The second kappa shape index (κ2) is 8.10. The van der Waals surface area contributed by atoms with E-state index in [4.69, 9.17) is 0 Å². The second-order valence-corrected chi connectivity index (χ2v) is 9.57. The molecule has 28 heavy (non-hydrogen) atoms. The van der Waals surface area contributed by atoms with Crippen LogP contribution in [0.4, 0.5) is 0 Å². The molecule has 1 saturated heterocycles. The van der Waals surface area contributed by atoms with Crippen molar-refractivity contribution in [1.82, 2.24) is 8.87 Å². The number of piperidine rings is 1. The Morgan fingerprint density at radius 2 is 1.79 bits per heavy atom. The molecule has 0 saturated carbocycles. The van der Waals surface area contributed by atoms with E-state index < -0.39 is 10.0 Å². The summed E-state index contributed by atoms with van der Waals surface area (Å²) in [4.78, 5) is 2.86. The van der Waals surface area contributed by atoms with Gasteiger partial charge < -0.3 is 4.90 Å². The average molecular weight is 397 g/mol. The monoisotopic (exact) mass is 396 g/mol. The van der Waals surface area contributed by atoms with Gasteiger partial charge in [0, 0.05) is 24.7 Å². The molecular weight excluding hydrogens is 368 g/mol. The Hall–Kier alpha value is -2.11. The maximum absolute atomic E-state index is 13.2. The fourth-order valence-electron chi connectivity index (χ4n) is 4.29. The highest BCUT2D eigenvalue weighted by Gasteiger charge is 2.22. The van der Waals surface area contributed by atoms with Crippen molar-refractivity contribution in [2.75, 3.05) is 19.6 Å². The maximum atomic E-state index is 13.2. The van der Waals surface area contributed by atoms with Crippen LogP contribution < -0.4 is 0 Å². The van der Waals surface area contributed by atoms with Gasteiger partial charge in [0.2, 0.25) is 0 Å². The number of fused-ring (bicyclic) bond motifs is 1. The molecule has 3 aromatic rings. The zero-order chi connectivity index (χ0) is 19.6. The van der Waals surface area contributed by atoms with Crippen LogP contribution in [0.5, 0.6) is 0 Å². The van der Waals surface area contributed by atoms with Gasteiger partial charge in [-0.25, -0.2) is 12.4 Å². The molecule has 0 bridgehead atoms. The number of para-hydroxylation sites is 1. The first-order valence-electron chi connectivity index (χ1n) is 10.2. The van der Waals surface area contributed by atoms with Crippen molar-refractivity contribution in [2.45, 2.75) is 37.5 Å². The minimum atomic E-state index is -3.60. The average Bonchev–Trinajstić information content (AvgIpc) is 3.13. The Morgan fingerprint density at radius 1 is 1.04 bits per heavy atom. The highest BCUT2D eigenvalue weighted by Crippen LogP contribution is 2.27. The van der Waals surface area contributed by atoms with E-state index in [1.54, 1.807) is 24.3 Å². The number of hydrogen-bond acceptors (Lipinski definition) is 3. The molecule has 2 aromatic carbocycles. The summed E-state index contributed by atoms with van der Waals surface area (Å²) in [6, 6.07) is 16.5. The molecule has 0 aliphatic carbocycles. The Bertz CT molecular complexity index is 1040. The summed E-state index contributed by atoms with van der Waals surface area (Å²) in [5, 5.41) is 1.03. The second-order valence-electron chi connectivity index (χ2n) is 7.75. The van der Waals surface area contributed by atoms with E-state index in [1.165, 1.54) is 23.2 Å². The third-order valence-electron chi connectivity index (χ3n) is 5.94. The molecule has 1 aliphatic heterocycles. The Morgan fingerprint density at radius 3 is 2.57 bits per heavy atom. The molecule has 5 heteroatoms. The lowest BCUT2D eigenvalue weighted by Gasteiger charge is -2.32. The van der Waals surface area contributed by atoms with Gasteiger partial charge in [-0.3, -0.25) is 0 Å². The van der Waals surface area contributed by atoms with Gasteiger partial charge in [-0.1, -0.05) is 49.7 Å². The molecule has 1 aliphatic rings. The van der Waals surface area contributed by atoms with E-state index in [0.29, 0.717) is 4.90 Å². The van der Waals surface area contributed by atoms with E-state index in [2.05, 4.69) is 11.8 Å². The SMILES string of the molecule is CCC1CCCN(CCc2cn(S(=O)(=O)c3ccccc3)c3ccccc23)C1. The molecule has 2 heterocycles. The van der Waals surface area contributed by atoms with Crippen molar-refractivity contribution in [3.8, 4) is 0 Å².